The minimum Gasteiger partial charge on any atom is -0.480 e. The van der Waals surface area contributed by atoms with E-state index in [0.29, 0.717) is 18.0 Å². The van der Waals surface area contributed by atoms with Crippen LogP contribution in [0.1, 0.15) is 35.4 Å². The van der Waals surface area contributed by atoms with Crippen LogP contribution in [0, 0.1) is 12.8 Å². The number of carbonyl (C=O) groups excluding carboxylic acids is 1. The fourth-order valence-corrected chi connectivity index (χ4v) is 3.19. The molecule has 1 unspecified atom stereocenters. The van der Waals surface area contributed by atoms with E-state index in [2.05, 4.69) is 20.6 Å². The highest BCUT2D eigenvalue weighted by Gasteiger charge is 2.31. The number of carboxylic acids is 1. The summed E-state index contributed by atoms with van der Waals surface area (Å²) in [6.07, 6.45) is 5.94. The second kappa shape index (κ2) is 6.79. The first-order valence-corrected chi connectivity index (χ1v) is 8.83. The van der Waals surface area contributed by atoms with Gasteiger partial charge in [0.25, 0.3) is 5.91 Å². The van der Waals surface area contributed by atoms with E-state index in [0.717, 1.165) is 29.3 Å². The largest absolute Gasteiger partial charge is 0.480 e. The summed E-state index contributed by atoms with van der Waals surface area (Å²) in [7, 11) is 0. The summed E-state index contributed by atoms with van der Waals surface area (Å²) in [5.74, 6) is -1.16. The molecule has 0 radical (unpaired) electrons. The average molecular weight is 365 g/mol. The fourth-order valence-electron chi connectivity index (χ4n) is 3.19. The lowest BCUT2D eigenvalue weighted by atomic mass is 10.1. The van der Waals surface area contributed by atoms with Crippen molar-refractivity contribution in [2.45, 2.75) is 32.2 Å². The molecule has 3 aromatic rings. The molecule has 1 saturated carbocycles. The van der Waals surface area contributed by atoms with Gasteiger partial charge in [0.15, 0.2) is 5.69 Å². The van der Waals surface area contributed by atoms with Crippen molar-refractivity contribution in [3.8, 4) is 5.69 Å². The van der Waals surface area contributed by atoms with Crippen LogP contribution in [0.4, 0.5) is 0 Å². The van der Waals surface area contributed by atoms with Gasteiger partial charge in [-0.25, -0.2) is 9.48 Å². The van der Waals surface area contributed by atoms with Gasteiger partial charge in [0.2, 0.25) is 0 Å². The van der Waals surface area contributed by atoms with Gasteiger partial charge in [-0.2, -0.15) is 0 Å². The molecule has 27 heavy (non-hydrogen) atoms. The van der Waals surface area contributed by atoms with Crippen LogP contribution in [-0.2, 0) is 4.79 Å². The molecule has 1 atom stereocenters. The van der Waals surface area contributed by atoms with E-state index in [1.54, 1.807) is 24.0 Å². The fraction of sp³-hybridized carbons (Fsp3) is 0.316. The van der Waals surface area contributed by atoms with Crippen LogP contribution < -0.4 is 5.32 Å². The molecule has 1 aliphatic rings. The second-order valence-corrected chi connectivity index (χ2v) is 6.85. The third-order valence-corrected chi connectivity index (χ3v) is 4.86. The van der Waals surface area contributed by atoms with E-state index in [-0.39, 0.29) is 5.69 Å². The van der Waals surface area contributed by atoms with Gasteiger partial charge in [-0.05, 0) is 31.4 Å². The molecule has 0 bridgehead atoms. The Labute approximate surface area is 155 Å². The van der Waals surface area contributed by atoms with Crippen molar-refractivity contribution in [3.63, 3.8) is 0 Å². The molecule has 1 amide bonds. The number of pyridine rings is 1. The standard InChI is InChI=1S/C19H19N5O3/c1-11-17(18(25)21-15(19(26)27)9-12-5-6-12)22-23-24(11)16-4-2-3-13-10-20-8-7-14(13)16/h2-4,7-8,10,12,15H,5-6,9H2,1H3,(H,21,25)(H,26,27). The number of nitrogens with one attached hydrogen (secondary N) is 1. The quantitative estimate of drug-likeness (QED) is 0.692. The molecule has 0 aliphatic heterocycles. The second-order valence-electron chi connectivity index (χ2n) is 6.85. The Morgan fingerprint density at radius 3 is 2.89 bits per heavy atom. The molecule has 2 heterocycles. The van der Waals surface area contributed by atoms with Gasteiger partial charge >= 0.3 is 5.97 Å². The summed E-state index contributed by atoms with van der Waals surface area (Å²) >= 11 is 0. The SMILES string of the molecule is Cc1c(C(=O)NC(CC2CC2)C(=O)O)nnn1-c1cccc2cnccc12. The smallest absolute Gasteiger partial charge is 0.326 e. The zero-order valence-electron chi connectivity index (χ0n) is 14.8. The average Bonchev–Trinajstić information content (AvgIpc) is 3.40. The lowest BCUT2D eigenvalue weighted by Gasteiger charge is -2.13. The number of aromatic nitrogens is 4. The van der Waals surface area contributed by atoms with Crippen molar-refractivity contribution >= 4 is 22.6 Å². The van der Waals surface area contributed by atoms with Gasteiger partial charge in [-0.15, -0.1) is 5.10 Å². The number of aliphatic carboxylic acids is 1. The highest BCUT2D eigenvalue weighted by Crippen LogP contribution is 2.33. The Morgan fingerprint density at radius 1 is 1.33 bits per heavy atom. The Kier molecular flexibility index (Phi) is 4.31. The predicted molar refractivity (Wildman–Crippen MR) is 97.6 cm³/mol. The van der Waals surface area contributed by atoms with Crippen LogP contribution in [0.15, 0.2) is 36.7 Å². The van der Waals surface area contributed by atoms with Crippen molar-refractivity contribution in [2.75, 3.05) is 0 Å². The summed E-state index contributed by atoms with van der Waals surface area (Å²) < 4.78 is 1.59. The van der Waals surface area contributed by atoms with Crippen molar-refractivity contribution in [1.29, 1.82) is 0 Å². The lowest BCUT2D eigenvalue weighted by Crippen LogP contribution is -2.41. The third kappa shape index (κ3) is 3.38. The number of fused-ring (bicyclic) bond motifs is 1. The summed E-state index contributed by atoms with van der Waals surface area (Å²) in [4.78, 5) is 28.1. The highest BCUT2D eigenvalue weighted by atomic mass is 16.4. The first kappa shape index (κ1) is 17.1. The van der Waals surface area contributed by atoms with Crippen molar-refractivity contribution in [3.05, 3.63) is 48.0 Å². The molecule has 0 saturated heterocycles. The summed E-state index contributed by atoms with van der Waals surface area (Å²) in [5, 5.41) is 21.9. The number of nitrogens with zero attached hydrogens (tertiary/aromatic N) is 4. The van der Waals surface area contributed by atoms with Gasteiger partial charge in [0.1, 0.15) is 6.04 Å². The van der Waals surface area contributed by atoms with E-state index in [4.69, 9.17) is 0 Å². The number of rotatable bonds is 6. The number of carboxylic acid groups (broad SMARTS) is 1. The maximum atomic E-state index is 12.6. The van der Waals surface area contributed by atoms with Gasteiger partial charge < -0.3 is 10.4 Å². The topological polar surface area (TPSA) is 110 Å². The number of amides is 1. The maximum absolute atomic E-state index is 12.6. The normalized spacial score (nSPS) is 14.9. The summed E-state index contributed by atoms with van der Waals surface area (Å²) in [6, 6.07) is 6.69. The third-order valence-electron chi connectivity index (χ3n) is 4.86. The molecule has 1 aromatic carbocycles. The lowest BCUT2D eigenvalue weighted by molar-refractivity contribution is -0.139. The van der Waals surface area contributed by atoms with Gasteiger partial charge in [-0.1, -0.05) is 30.2 Å². The van der Waals surface area contributed by atoms with Crippen LogP contribution in [0.3, 0.4) is 0 Å². The molecule has 1 fully saturated rings. The predicted octanol–water partition coefficient (Wildman–Crippen LogP) is 2.11. The summed E-state index contributed by atoms with van der Waals surface area (Å²) in [5.41, 5.74) is 1.46. The van der Waals surface area contributed by atoms with Crippen molar-refractivity contribution in [1.82, 2.24) is 25.3 Å². The zero-order valence-corrected chi connectivity index (χ0v) is 14.8. The molecule has 4 rings (SSSR count). The molecule has 8 heteroatoms. The van der Waals surface area contributed by atoms with E-state index < -0.39 is 17.9 Å². The first-order valence-electron chi connectivity index (χ1n) is 8.83. The molecule has 2 N–H and O–H groups in total. The maximum Gasteiger partial charge on any atom is 0.326 e. The van der Waals surface area contributed by atoms with Gasteiger partial charge in [0.05, 0.1) is 11.4 Å². The van der Waals surface area contributed by atoms with Crippen molar-refractivity contribution in [2.24, 2.45) is 5.92 Å². The van der Waals surface area contributed by atoms with Crippen molar-refractivity contribution < 1.29 is 14.7 Å². The number of hydrogen-bond acceptors (Lipinski definition) is 5. The summed E-state index contributed by atoms with van der Waals surface area (Å²) in [6.45, 7) is 1.74. The molecule has 0 spiro atoms. The van der Waals surface area contributed by atoms with Crippen LogP contribution in [0.25, 0.3) is 16.5 Å². The molecular weight excluding hydrogens is 346 g/mol. The number of carbonyl (C=O) groups is 2. The molecule has 2 aromatic heterocycles. The first-order chi connectivity index (χ1) is 13.0. The molecule has 1 aliphatic carbocycles. The number of hydrogen-bond donors (Lipinski definition) is 2. The highest BCUT2D eigenvalue weighted by molar-refractivity contribution is 5.96. The van der Waals surface area contributed by atoms with Gasteiger partial charge in [0, 0.05) is 23.2 Å². The minimum atomic E-state index is -1.03. The molecule has 138 valence electrons. The van der Waals surface area contributed by atoms with Gasteiger partial charge in [-0.3, -0.25) is 9.78 Å². The van der Waals surface area contributed by atoms with Crippen LogP contribution in [0.2, 0.25) is 0 Å². The Balaban J connectivity index is 1.63. The molecule has 8 nitrogen and oxygen atoms in total. The Morgan fingerprint density at radius 2 is 2.15 bits per heavy atom. The van der Waals surface area contributed by atoms with Crippen LogP contribution >= 0.6 is 0 Å². The zero-order chi connectivity index (χ0) is 19.0. The Bertz CT molecular complexity index is 1020. The minimum absolute atomic E-state index is 0.128. The molecular formula is C19H19N5O3. The van der Waals surface area contributed by atoms with Crippen LogP contribution in [-0.4, -0.2) is 43.0 Å². The van der Waals surface area contributed by atoms with E-state index in [1.165, 1.54) is 0 Å². The van der Waals surface area contributed by atoms with Crippen LogP contribution in [0.5, 0.6) is 0 Å². The monoisotopic (exact) mass is 365 g/mol. The van der Waals surface area contributed by atoms with E-state index >= 15 is 0 Å². The Hall–Kier alpha value is -3.29. The van der Waals surface area contributed by atoms with E-state index in [9.17, 15) is 14.7 Å². The number of benzene rings is 1. The van der Waals surface area contributed by atoms with E-state index in [1.807, 2.05) is 24.3 Å².